The number of ether oxygens (including phenoxy) is 1. The lowest BCUT2D eigenvalue weighted by Gasteiger charge is -2.25. The highest BCUT2D eigenvalue weighted by atomic mass is 32.1. The Morgan fingerprint density at radius 3 is 2.77 bits per heavy atom. The van der Waals surface area contributed by atoms with Crippen LogP contribution in [0, 0.1) is 0 Å². The molecule has 0 spiro atoms. The number of hydrogen-bond donors (Lipinski definition) is 0. The Bertz CT molecular complexity index is 954. The molecule has 130 valence electrons. The largest absolute Gasteiger partial charge is 0.454 e. The molecule has 1 amide bonds. The molecule has 1 aromatic heterocycles. The van der Waals surface area contributed by atoms with Gasteiger partial charge in [0.1, 0.15) is 6.10 Å². The third-order valence-corrected chi connectivity index (χ3v) is 5.26. The van der Waals surface area contributed by atoms with Crippen LogP contribution in [-0.2, 0) is 11.2 Å². The van der Waals surface area contributed by atoms with E-state index in [1.165, 1.54) is 16.2 Å². The van der Waals surface area contributed by atoms with Gasteiger partial charge in [-0.2, -0.15) is 0 Å². The number of thiazole rings is 1. The van der Waals surface area contributed by atoms with Crippen LogP contribution in [-0.4, -0.2) is 23.9 Å². The zero-order chi connectivity index (χ0) is 18.1. The number of rotatable bonds is 3. The van der Waals surface area contributed by atoms with E-state index >= 15 is 0 Å². The van der Waals surface area contributed by atoms with E-state index in [1.54, 1.807) is 31.4 Å². The molecule has 1 atom stereocenters. The first-order chi connectivity index (χ1) is 12.6. The number of cyclic esters (lactones) is 1. The summed E-state index contributed by atoms with van der Waals surface area (Å²) in [6.07, 6.45) is 1.88. The molecule has 1 aliphatic heterocycles. The number of carbonyl (C=O) groups excluding carboxylic acids is 2. The molecule has 2 aromatic carbocycles. The van der Waals surface area contributed by atoms with Gasteiger partial charge in [0.05, 0.1) is 5.56 Å². The fraction of sp³-hybridized carbons (Fsp3) is 0.150. The highest BCUT2D eigenvalue weighted by Crippen LogP contribution is 2.31. The second-order valence-electron chi connectivity index (χ2n) is 6.06. The summed E-state index contributed by atoms with van der Waals surface area (Å²) >= 11 is 1.40. The van der Waals surface area contributed by atoms with Crippen LogP contribution >= 0.6 is 11.3 Å². The third kappa shape index (κ3) is 2.99. The molecule has 2 heterocycles. The predicted molar refractivity (Wildman–Crippen MR) is 99.6 cm³/mol. The van der Waals surface area contributed by atoms with Crippen molar-refractivity contribution in [2.24, 2.45) is 0 Å². The van der Waals surface area contributed by atoms with Gasteiger partial charge < -0.3 is 4.74 Å². The Balaban J connectivity index is 1.64. The van der Waals surface area contributed by atoms with Crippen molar-refractivity contribution < 1.29 is 14.3 Å². The van der Waals surface area contributed by atoms with Crippen LogP contribution in [0.1, 0.15) is 37.9 Å². The second-order valence-corrected chi connectivity index (χ2v) is 6.93. The monoisotopic (exact) mass is 364 g/mol. The normalized spacial score (nSPS) is 15.9. The molecule has 0 N–H and O–H groups in total. The summed E-state index contributed by atoms with van der Waals surface area (Å²) in [6.45, 7) is 0. The van der Waals surface area contributed by atoms with E-state index in [4.69, 9.17) is 4.74 Å². The minimum absolute atomic E-state index is 0.155. The molecular weight excluding hydrogens is 348 g/mol. The lowest BCUT2D eigenvalue weighted by Crippen LogP contribution is -2.27. The molecule has 0 radical (unpaired) electrons. The first-order valence-corrected chi connectivity index (χ1v) is 9.08. The maximum atomic E-state index is 12.7. The molecule has 0 bridgehead atoms. The lowest BCUT2D eigenvalue weighted by atomic mass is 9.93. The van der Waals surface area contributed by atoms with Gasteiger partial charge >= 0.3 is 5.97 Å². The highest BCUT2D eigenvalue weighted by Gasteiger charge is 2.28. The Morgan fingerprint density at radius 1 is 1.23 bits per heavy atom. The summed E-state index contributed by atoms with van der Waals surface area (Å²) < 4.78 is 5.56. The molecule has 3 aromatic rings. The molecule has 0 aliphatic carbocycles. The van der Waals surface area contributed by atoms with Gasteiger partial charge in [-0.15, -0.1) is 11.3 Å². The number of hydrogen-bond acceptors (Lipinski definition) is 5. The van der Waals surface area contributed by atoms with E-state index in [9.17, 15) is 9.59 Å². The van der Waals surface area contributed by atoms with Gasteiger partial charge in [-0.1, -0.05) is 30.3 Å². The van der Waals surface area contributed by atoms with Crippen molar-refractivity contribution >= 4 is 28.3 Å². The summed E-state index contributed by atoms with van der Waals surface area (Å²) in [5, 5.41) is 2.46. The number of carbonyl (C=O) groups is 2. The number of esters is 1. The summed E-state index contributed by atoms with van der Waals surface area (Å²) in [4.78, 5) is 30.8. The maximum absolute atomic E-state index is 12.7. The minimum Gasteiger partial charge on any atom is -0.454 e. The number of fused-ring (bicyclic) bond motifs is 1. The van der Waals surface area contributed by atoms with Gasteiger partial charge in [0.25, 0.3) is 5.91 Å². The standard InChI is InChI=1S/C20H16N2O3S/c1-22(20-21-9-10-26-20)18(23)14-7-8-16-15(11-14)12-17(25-19(16)24)13-5-3-2-4-6-13/h2-11,17H,12H2,1H3. The number of benzene rings is 2. The van der Waals surface area contributed by atoms with Crippen LogP contribution in [0.3, 0.4) is 0 Å². The molecule has 0 saturated heterocycles. The number of aromatic nitrogens is 1. The van der Waals surface area contributed by atoms with Gasteiger partial charge in [-0.25, -0.2) is 9.78 Å². The van der Waals surface area contributed by atoms with Crippen LogP contribution in [0.15, 0.2) is 60.1 Å². The van der Waals surface area contributed by atoms with Crippen LogP contribution in [0.5, 0.6) is 0 Å². The highest BCUT2D eigenvalue weighted by molar-refractivity contribution is 7.13. The second kappa shape index (κ2) is 6.72. The Labute approximate surface area is 154 Å². The van der Waals surface area contributed by atoms with Crippen molar-refractivity contribution in [3.05, 3.63) is 82.4 Å². The van der Waals surface area contributed by atoms with E-state index in [0.29, 0.717) is 22.7 Å². The number of anilines is 1. The molecule has 26 heavy (non-hydrogen) atoms. The average molecular weight is 364 g/mol. The van der Waals surface area contributed by atoms with Gasteiger partial charge in [0, 0.05) is 30.6 Å². The first kappa shape index (κ1) is 16.5. The smallest absolute Gasteiger partial charge is 0.339 e. The molecule has 6 heteroatoms. The van der Waals surface area contributed by atoms with Crippen molar-refractivity contribution in [3.63, 3.8) is 0 Å². The molecule has 0 fully saturated rings. The predicted octanol–water partition coefficient (Wildman–Crippen LogP) is 3.87. The van der Waals surface area contributed by atoms with Gasteiger partial charge in [0.2, 0.25) is 0 Å². The van der Waals surface area contributed by atoms with Crippen molar-refractivity contribution in [1.82, 2.24) is 4.98 Å². The van der Waals surface area contributed by atoms with Crippen LogP contribution in [0.2, 0.25) is 0 Å². The quantitative estimate of drug-likeness (QED) is 0.662. The molecular formula is C20H16N2O3S. The van der Waals surface area contributed by atoms with E-state index in [2.05, 4.69) is 4.98 Å². The Hall–Kier alpha value is -2.99. The summed E-state index contributed by atoms with van der Waals surface area (Å²) in [5.41, 5.74) is 2.82. The number of nitrogens with zero attached hydrogens (tertiary/aromatic N) is 2. The van der Waals surface area contributed by atoms with Crippen molar-refractivity contribution in [3.8, 4) is 0 Å². The average Bonchev–Trinajstić information content (AvgIpc) is 3.22. The molecule has 1 aliphatic rings. The van der Waals surface area contributed by atoms with Gasteiger partial charge in [-0.05, 0) is 29.3 Å². The minimum atomic E-state index is -0.354. The van der Waals surface area contributed by atoms with E-state index in [1.807, 2.05) is 35.7 Å². The fourth-order valence-corrected chi connectivity index (χ4v) is 3.65. The van der Waals surface area contributed by atoms with Crippen molar-refractivity contribution in [2.45, 2.75) is 12.5 Å². The molecule has 5 nitrogen and oxygen atoms in total. The topological polar surface area (TPSA) is 59.5 Å². The summed E-state index contributed by atoms with van der Waals surface area (Å²) in [6, 6.07) is 14.8. The lowest BCUT2D eigenvalue weighted by molar-refractivity contribution is 0.0252. The molecule has 1 unspecified atom stereocenters. The molecule has 4 rings (SSSR count). The van der Waals surface area contributed by atoms with E-state index in [0.717, 1.165) is 11.1 Å². The van der Waals surface area contributed by atoms with Crippen molar-refractivity contribution in [1.29, 1.82) is 0 Å². The van der Waals surface area contributed by atoms with E-state index < -0.39 is 0 Å². The fourth-order valence-electron chi connectivity index (χ4n) is 3.04. The van der Waals surface area contributed by atoms with Gasteiger partial charge in [0.15, 0.2) is 5.13 Å². The SMILES string of the molecule is CN(C(=O)c1ccc2c(c1)CC(c1ccccc1)OC2=O)c1nccs1. The van der Waals surface area contributed by atoms with Crippen LogP contribution in [0.25, 0.3) is 0 Å². The Kier molecular flexibility index (Phi) is 4.26. The molecule has 0 saturated carbocycles. The third-order valence-electron chi connectivity index (χ3n) is 4.41. The first-order valence-electron chi connectivity index (χ1n) is 8.20. The van der Waals surface area contributed by atoms with E-state index in [-0.39, 0.29) is 18.0 Å². The maximum Gasteiger partial charge on any atom is 0.339 e. The zero-order valence-electron chi connectivity index (χ0n) is 14.1. The van der Waals surface area contributed by atoms with Crippen LogP contribution < -0.4 is 4.90 Å². The number of amides is 1. The van der Waals surface area contributed by atoms with Crippen molar-refractivity contribution in [2.75, 3.05) is 11.9 Å². The van der Waals surface area contributed by atoms with Gasteiger partial charge in [-0.3, -0.25) is 9.69 Å². The summed E-state index contributed by atoms with van der Waals surface area (Å²) in [7, 11) is 1.70. The zero-order valence-corrected chi connectivity index (χ0v) is 14.9. The Morgan fingerprint density at radius 2 is 2.04 bits per heavy atom. The summed E-state index contributed by atoms with van der Waals surface area (Å²) in [5.74, 6) is -0.509. The van der Waals surface area contributed by atoms with Crippen LogP contribution in [0.4, 0.5) is 5.13 Å².